The molecule has 0 saturated carbocycles. The van der Waals surface area contributed by atoms with Crippen LogP contribution < -0.4 is 4.74 Å². The molecule has 0 spiro atoms. The van der Waals surface area contributed by atoms with Crippen molar-refractivity contribution in [1.29, 1.82) is 0 Å². The van der Waals surface area contributed by atoms with Gasteiger partial charge in [-0.25, -0.2) is 0 Å². The first-order chi connectivity index (χ1) is 9.54. The van der Waals surface area contributed by atoms with Crippen molar-refractivity contribution < 1.29 is 14.6 Å². The average molecular weight is 271 g/mol. The molecular formula is C13H7N2O5. The maximum Gasteiger partial charge on any atom is 0.273 e. The Morgan fingerprint density at radius 2 is 1.25 bits per heavy atom. The van der Waals surface area contributed by atoms with E-state index in [0.717, 1.165) is 0 Å². The molecule has 0 aliphatic carbocycles. The lowest BCUT2D eigenvalue weighted by molar-refractivity contribution is -0.384. The predicted octanol–water partition coefficient (Wildman–Crippen LogP) is 3.21. The Labute approximate surface area is 112 Å². The molecule has 20 heavy (non-hydrogen) atoms. The second kappa shape index (κ2) is 4.30. The third kappa shape index (κ3) is 1.95. The standard InChI is InChI=1S/C13H7N2O5/c16-14(17)10-3-1-8-5-9-2-4-11(15(18)19)7-13(9)20-12(8)6-10/h1-7H. The van der Waals surface area contributed by atoms with Crippen LogP contribution in [0.5, 0.6) is 11.5 Å². The largest absolute Gasteiger partial charge is 0.456 e. The Balaban J connectivity index is 2.03. The molecule has 7 nitrogen and oxygen atoms in total. The van der Waals surface area contributed by atoms with Gasteiger partial charge in [-0.15, -0.1) is 0 Å². The fraction of sp³-hybridized carbons (Fsp3) is 0. The average Bonchev–Trinajstić information content (AvgIpc) is 2.43. The molecule has 0 aromatic heterocycles. The van der Waals surface area contributed by atoms with E-state index in [1.54, 1.807) is 18.6 Å². The lowest BCUT2D eigenvalue weighted by atomic mass is 10.00. The predicted molar refractivity (Wildman–Crippen MR) is 68.8 cm³/mol. The quantitative estimate of drug-likeness (QED) is 0.526. The number of nitrogens with zero attached hydrogens (tertiary/aromatic N) is 2. The molecule has 0 amide bonds. The van der Waals surface area contributed by atoms with Gasteiger partial charge in [-0.05, 0) is 12.1 Å². The molecule has 2 aromatic rings. The number of hydrogen-bond donors (Lipinski definition) is 0. The molecule has 0 atom stereocenters. The first-order valence-corrected chi connectivity index (χ1v) is 5.64. The Kier molecular flexibility index (Phi) is 2.60. The number of non-ortho nitro benzene ring substituents is 2. The van der Waals surface area contributed by atoms with Crippen LogP contribution >= 0.6 is 0 Å². The Hall–Kier alpha value is -2.96. The van der Waals surface area contributed by atoms with Crippen molar-refractivity contribution in [3.05, 3.63) is 74.2 Å². The summed E-state index contributed by atoms with van der Waals surface area (Å²) in [6, 6.07) is 8.53. The van der Waals surface area contributed by atoms with Crippen molar-refractivity contribution in [2.45, 2.75) is 0 Å². The fourth-order valence-corrected chi connectivity index (χ4v) is 1.97. The summed E-state index contributed by atoms with van der Waals surface area (Å²) < 4.78 is 5.52. The zero-order valence-corrected chi connectivity index (χ0v) is 9.98. The highest BCUT2D eigenvalue weighted by molar-refractivity contribution is 5.61. The van der Waals surface area contributed by atoms with Crippen LogP contribution in [0.2, 0.25) is 0 Å². The third-order valence-electron chi connectivity index (χ3n) is 2.95. The molecule has 1 aliphatic heterocycles. The van der Waals surface area contributed by atoms with Gasteiger partial charge < -0.3 is 4.74 Å². The Morgan fingerprint density at radius 1 is 0.800 bits per heavy atom. The third-order valence-corrected chi connectivity index (χ3v) is 2.95. The van der Waals surface area contributed by atoms with E-state index in [9.17, 15) is 20.2 Å². The summed E-state index contributed by atoms with van der Waals surface area (Å²) in [6.45, 7) is 0. The van der Waals surface area contributed by atoms with E-state index in [1.165, 1.54) is 24.3 Å². The van der Waals surface area contributed by atoms with Gasteiger partial charge >= 0.3 is 0 Å². The molecule has 0 N–H and O–H groups in total. The van der Waals surface area contributed by atoms with E-state index in [0.29, 0.717) is 22.6 Å². The normalized spacial score (nSPS) is 12.0. The summed E-state index contributed by atoms with van der Waals surface area (Å²) in [5.41, 5.74) is 1.20. The number of benzene rings is 2. The highest BCUT2D eigenvalue weighted by Crippen LogP contribution is 2.40. The minimum Gasteiger partial charge on any atom is -0.456 e. The summed E-state index contributed by atoms with van der Waals surface area (Å²) >= 11 is 0. The van der Waals surface area contributed by atoms with Gasteiger partial charge in [0.05, 0.1) is 22.0 Å². The van der Waals surface area contributed by atoms with E-state index in [2.05, 4.69) is 0 Å². The van der Waals surface area contributed by atoms with Crippen molar-refractivity contribution in [2.75, 3.05) is 0 Å². The smallest absolute Gasteiger partial charge is 0.273 e. The van der Waals surface area contributed by atoms with Crippen LogP contribution in [0.15, 0.2) is 36.4 Å². The van der Waals surface area contributed by atoms with Gasteiger partial charge in [0.1, 0.15) is 11.5 Å². The highest BCUT2D eigenvalue weighted by Gasteiger charge is 2.22. The van der Waals surface area contributed by atoms with Crippen molar-refractivity contribution >= 4 is 11.4 Å². The van der Waals surface area contributed by atoms with Gasteiger partial charge in [-0.1, -0.05) is 0 Å². The molecule has 2 aromatic carbocycles. The van der Waals surface area contributed by atoms with E-state index < -0.39 is 9.85 Å². The summed E-state index contributed by atoms with van der Waals surface area (Å²) in [5.74, 6) is 0.624. The van der Waals surface area contributed by atoms with Crippen LogP contribution in [0.25, 0.3) is 0 Å². The fourth-order valence-electron chi connectivity index (χ4n) is 1.97. The van der Waals surface area contributed by atoms with Crippen LogP contribution in [-0.4, -0.2) is 9.85 Å². The topological polar surface area (TPSA) is 95.5 Å². The summed E-state index contributed by atoms with van der Waals surface area (Å²) in [4.78, 5) is 20.4. The van der Waals surface area contributed by atoms with Crippen molar-refractivity contribution in [3.63, 3.8) is 0 Å². The van der Waals surface area contributed by atoms with E-state index in [-0.39, 0.29) is 11.4 Å². The van der Waals surface area contributed by atoms with Crippen LogP contribution in [0.4, 0.5) is 11.4 Å². The Morgan fingerprint density at radius 3 is 1.65 bits per heavy atom. The maximum atomic E-state index is 10.7. The maximum absolute atomic E-state index is 10.7. The summed E-state index contributed by atoms with van der Waals surface area (Å²) in [7, 11) is 0. The SMILES string of the molecule is O=[N+]([O-])c1ccc2c(c1)Oc1cc([N+](=O)[O-])ccc1[CH]2. The second-order valence-corrected chi connectivity index (χ2v) is 4.20. The van der Waals surface area contributed by atoms with Gasteiger partial charge in [-0.2, -0.15) is 0 Å². The first kappa shape index (κ1) is 12.1. The number of rotatable bonds is 2. The molecule has 0 fully saturated rings. The number of hydrogen-bond acceptors (Lipinski definition) is 5. The zero-order chi connectivity index (χ0) is 14.3. The molecule has 7 heteroatoms. The van der Waals surface area contributed by atoms with Crippen LogP contribution in [0.1, 0.15) is 11.1 Å². The monoisotopic (exact) mass is 271 g/mol. The number of nitro benzene ring substituents is 2. The molecule has 0 saturated heterocycles. The van der Waals surface area contributed by atoms with E-state index >= 15 is 0 Å². The molecule has 3 rings (SSSR count). The lowest BCUT2D eigenvalue weighted by Gasteiger charge is -2.19. The molecule has 1 heterocycles. The van der Waals surface area contributed by atoms with E-state index in [1.807, 2.05) is 0 Å². The number of fused-ring (bicyclic) bond motifs is 2. The molecule has 0 bridgehead atoms. The van der Waals surface area contributed by atoms with Gasteiger partial charge in [0.25, 0.3) is 11.4 Å². The van der Waals surface area contributed by atoms with Gasteiger partial charge in [0, 0.05) is 29.7 Å². The van der Waals surface area contributed by atoms with Crippen molar-refractivity contribution in [2.24, 2.45) is 0 Å². The van der Waals surface area contributed by atoms with Crippen molar-refractivity contribution in [1.82, 2.24) is 0 Å². The van der Waals surface area contributed by atoms with Gasteiger partial charge in [-0.3, -0.25) is 20.2 Å². The molecular weight excluding hydrogens is 264 g/mol. The number of nitro groups is 2. The molecule has 99 valence electrons. The van der Waals surface area contributed by atoms with Crippen LogP contribution in [0, 0.1) is 26.6 Å². The van der Waals surface area contributed by atoms with Gasteiger partial charge in [0.15, 0.2) is 0 Å². The molecule has 1 aliphatic rings. The van der Waals surface area contributed by atoms with E-state index in [4.69, 9.17) is 4.74 Å². The highest BCUT2D eigenvalue weighted by atomic mass is 16.6. The van der Waals surface area contributed by atoms with Crippen LogP contribution in [-0.2, 0) is 0 Å². The summed E-state index contributed by atoms with van der Waals surface area (Å²) in [5, 5.41) is 21.5. The molecule has 0 unspecified atom stereocenters. The van der Waals surface area contributed by atoms with Gasteiger partial charge in [0.2, 0.25) is 0 Å². The Bertz CT molecular complexity index is 680. The second-order valence-electron chi connectivity index (χ2n) is 4.20. The zero-order valence-electron chi connectivity index (χ0n) is 9.98. The lowest BCUT2D eigenvalue weighted by Crippen LogP contribution is -2.02. The van der Waals surface area contributed by atoms with Crippen LogP contribution in [0.3, 0.4) is 0 Å². The summed E-state index contributed by atoms with van der Waals surface area (Å²) in [6.07, 6.45) is 1.77. The van der Waals surface area contributed by atoms with Crippen molar-refractivity contribution in [3.8, 4) is 11.5 Å². The minimum absolute atomic E-state index is 0.0916. The minimum atomic E-state index is -0.521. The number of ether oxygens (including phenoxy) is 1. The molecule has 1 radical (unpaired) electrons. The first-order valence-electron chi connectivity index (χ1n) is 5.64.